The van der Waals surface area contributed by atoms with Gasteiger partial charge in [-0.3, -0.25) is 0 Å². The van der Waals surface area contributed by atoms with Crippen LogP contribution in [0.1, 0.15) is 55.8 Å². The third-order valence-corrected chi connectivity index (χ3v) is 7.18. The smallest absolute Gasteiger partial charge is 0.182 e. The molecule has 2 aliphatic rings. The highest BCUT2D eigenvalue weighted by atomic mass is 19.1. The quantitative estimate of drug-likeness (QED) is 0.370. The van der Waals surface area contributed by atoms with Crippen molar-refractivity contribution in [1.82, 2.24) is 10.2 Å². The first-order valence-corrected chi connectivity index (χ1v) is 12.5. The second-order valence-electron chi connectivity index (χ2n) is 9.72. The number of halogens is 1. The first kappa shape index (κ1) is 27.8. The molecule has 1 aromatic rings. The van der Waals surface area contributed by atoms with Crippen molar-refractivity contribution in [3.8, 4) is 0 Å². The summed E-state index contributed by atoms with van der Waals surface area (Å²) < 4.78 is 30.3. The summed E-state index contributed by atoms with van der Waals surface area (Å²) in [7, 11) is 3.46. The number of likely N-dealkylation sites (N-methyl/N-ethyl adjacent to an activating group) is 1. The molecule has 1 aromatic carbocycles. The van der Waals surface area contributed by atoms with E-state index in [2.05, 4.69) is 17.4 Å². The van der Waals surface area contributed by atoms with Crippen LogP contribution in [-0.4, -0.2) is 86.3 Å². The molecule has 6 atom stereocenters. The van der Waals surface area contributed by atoms with Crippen LogP contribution in [0.3, 0.4) is 0 Å². The predicted molar refractivity (Wildman–Crippen MR) is 132 cm³/mol. The fraction of sp³-hybridized carbons (Fsp3) is 0.692. The number of nitrogens with zero attached hydrogens (tertiary/aromatic N) is 1. The van der Waals surface area contributed by atoms with E-state index in [1.165, 1.54) is 5.56 Å². The van der Waals surface area contributed by atoms with Gasteiger partial charge in [-0.1, -0.05) is 24.3 Å². The normalized spacial score (nSPS) is 28.1. The van der Waals surface area contributed by atoms with Crippen molar-refractivity contribution in [3.05, 3.63) is 47.3 Å². The van der Waals surface area contributed by atoms with Crippen LogP contribution in [0.15, 0.2) is 36.2 Å². The average Bonchev–Trinajstić information content (AvgIpc) is 2.87. The fourth-order valence-corrected chi connectivity index (χ4v) is 4.98. The molecule has 0 aliphatic carbocycles. The Bertz CT molecular complexity index is 790. The summed E-state index contributed by atoms with van der Waals surface area (Å²) >= 11 is 0. The molecule has 5 N–H and O–H groups in total. The number of alkyl halides is 1. The lowest BCUT2D eigenvalue weighted by Gasteiger charge is -2.40. The number of aliphatic hydroxyl groups is 2. The minimum absolute atomic E-state index is 0.141. The number of hydrogen-bond acceptors (Lipinski definition) is 8. The van der Waals surface area contributed by atoms with Gasteiger partial charge in [0.2, 0.25) is 0 Å². The van der Waals surface area contributed by atoms with Gasteiger partial charge in [0.1, 0.15) is 18.9 Å². The molecule has 2 aliphatic heterocycles. The number of ether oxygens (including phenoxy) is 3. The number of nitrogens with one attached hydrogen (secondary N) is 1. The van der Waals surface area contributed by atoms with Gasteiger partial charge >= 0.3 is 0 Å². The lowest BCUT2D eigenvalue weighted by Crippen LogP contribution is -2.54. The Morgan fingerprint density at radius 1 is 1.29 bits per heavy atom. The lowest BCUT2D eigenvalue weighted by molar-refractivity contribution is -0.231. The van der Waals surface area contributed by atoms with E-state index in [4.69, 9.17) is 19.9 Å². The van der Waals surface area contributed by atoms with Crippen LogP contribution in [0, 0.1) is 0 Å². The van der Waals surface area contributed by atoms with Crippen LogP contribution >= 0.6 is 0 Å². The molecule has 0 bridgehead atoms. The first-order valence-electron chi connectivity index (χ1n) is 12.5. The van der Waals surface area contributed by atoms with Gasteiger partial charge in [0, 0.05) is 51.2 Å². The van der Waals surface area contributed by atoms with E-state index in [0.29, 0.717) is 31.0 Å². The Kier molecular flexibility index (Phi) is 10.8. The van der Waals surface area contributed by atoms with E-state index in [9.17, 15) is 14.6 Å². The van der Waals surface area contributed by atoms with Crippen molar-refractivity contribution in [1.29, 1.82) is 0 Å². The van der Waals surface area contributed by atoms with Gasteiger partial charge in [0.05, 0.1) is 12.1 Å². The molecule has 9 heteroatoms. The molecule has 0 amide bonds. The van der Waals surface area contributed by atoms with Gasteiger partial charge in [-0.25, -0.2) is 4.39 Å². The van der Waals surface area contributed by atoms with E-state index in [1.54, 1.807) is 13.3 Å². The zero-order valence-corrected chi connectivity index (χ0v) is 21.1. The molecule has 35 heavy (non-hydrogen) atoms. The van der Waals surface area contributed by atoms with Crippen LogP contribution in [0.2, 0.25) is 0 Å². The Morgan fingerprint density at radius 3 is 2.60 bits per heavy atom. The summed E-state index contributed by atoms with van der Waals surface area (Å²) in [4.78, 5) is 1.97. The first-order chi connectivity index (χ1) is 16.8. The van der Waals surface area contributed by atoms with Crippen LogP contribution in [0.4, 0.5) is 4.39 Å². The largest absolute Gasteiger partial charge is 0.401 e. The minimum Gasteiger partial charge on any atom is -0.401 e. The topological polar surface area (TPSA) is 109 Å². The second-order valence-corrected chi connectivity index (χ2v) is 9.72. The minimum atomic E-state index is -1.19. The Hall–Kier alpha value is -1.75. The van der Waals surface area contributed by atoms with Crippen molar-refractivity contribution >= 4 is 0 Å². The van der Waals surface area contributed by atoms with Gasteiger partial charge in [-0.2, -0.15) is 0 Å². The van der Waals surface area contributed by atoms with Gasteiger partial charge in [-0.15, -0.1) is 0 Å². The maximum atomic E-state index is 14.0. The molecule has 0 aromatic heterocycles. The van der Waals surface area contributed by atoms with Crippen molar-refractivity contribution in [2.24, 2.45) is 5.73 Å². The highest BCUT2D eigenvalue weighted by molar-refractivity contribution is 5.28. The fourth-order valence-electron chi connectivity index (χ4n) is 4.98. The molecule has 198 valence electrons. The zero-order valence-electron chi connectivity index (χ0n) is 21.1. The lowest BCUT2D eigenvalue weighted by atomic mass is 9.90. The standard InChI is InChI=1S/C26H42FN3O5/c1-17-14-23(24(31)26(32)35-17)30(2)11-8-21(28)16-29-22(15-27)25(33-3)20-6-4-18(5-7-20)19-9-12-34-13-10-19/h4-7,16-17,19,22-26,29,31-32H,8-15,28H2,1-3H3/b21-16-/t17-,22-,23+,24-,25-,26-/m1/s1. The summed E-state index contributed by atoms with van der Waals surface area (Å²) in [6, 6.07) is 7.43. The molecular formula is C26H42FN3O5. The van der Waals surface area contributed by atoms with E-state index in [1.807, 2.05) is 31.0 Å². The number of benzene rings is 1. The highest BCUT2D eigenvalue weighted by Crippen LogP contribution is 2.29. The van der Waals surface area contributed by atoms with Crippen molar-refractivity contribution < 1.29 is 28.8 Å². The van der Waals surface area contributed by atoms with E-state index in [-0.39, 0.29) is 12.1 Å². The van der Waals surface area contributed by atoms with Crippen molar-refractivity contribution in [2.75, 3.05) is 40.6 Å². The SMILES string of the molecule is CO[C@H](c1ccc(C2CCOCC2)cc1)[C@@H](CF)N/C=C(\N)CCN(C)[C@H]1C[C@@H](C)O[C@@H](O)[C@@H]1O. The summed E-state index contributed by atoms with van der Waals surface area (Å²) in [6.45, 7) is 3.42. The van der Waals surface area contributed by atoms with Crippen molar-refractivity contribution in [3.63, 3.8) is 0 Å². The van der Waals surface area contributed by atoms with Crippen LogP contribution in [-0.2, 0) is 14.2 Å². The summed E-state index contributed by atoms with van der Waals surface area (Å²) in [5.41, 5.74) is 8.94. The molecule has 0 saturated carbocycles. The number of aliphatic hydroxyl groups excluding tert-OH is 2. The summed E-state index contributed by atoms with van der Waals surface area (Å²) in [5, 5.41) is 23.2. The van der Waals surface area contributed by atoms with Gasteiger partial charge in [0.15, 0.2) is 6.29 Å². The maximum Gasteiger partial charge on any atom is 0.182 e. The highest BCUT2D eigenvalue weighted by Gasteiger charge is 2.37. The molecular weight excluding hydrogens is 453 g/mol. The molecule has 2 saturated heterocycles. The number of methoxy groups -OCH3 is 1. The Labute approximate surface area is 208 Å². The van der Waals surface area contributed by atoms with Gasteiger partial charge < -0.3 is 40.4 Å². The third-order valence-electron chi connectivity index (χ3n) is 7.18. The molecule has 2 fully saturated rings. The molecule has 3 rings (SSSR count). The number of hydrogen-bond donors (Lipinski definition) is 4. The molecule has 0 radical (unpaired) electrons. The third kappa shape index (κ3) is 7.62. The Morgan fingerprint density at radius 2 is 1.97 bits per heavy atom. The average molecular weight is 496 g/mol. The monoisotopic (exact) mass is 495 g/mol. The van der Waals surface area contributed by atoms with Gasteiger partial charge in [-0.05, 0) is 50.3 Å². The second kappa shape index (κ2) is 13.5. The van der Waals surface area contributed by atoms with Crippen LogP contribution in [0.5, 0.6) is 0 Å². The molecule has 0 unspecified atom stereocenters. The molecule has 0 spiro atoms. The predicted octanol–water partition coefficient (Wildman–Crippen LogP) is 2.17. The van der Waals surface area contributed by atoms with Crippen molar-refractivity contribution in [2.45, 2.75) is 75.2 Å². The summed E-state index contributed by atoms with van der Waals surface area (Å²) in [6.07, 6.45) is 2.05. The number of rotatable bonds is 11. The molecule has 8 nitrogen and oxygen atoms in total. The summed E-state index contributed by atoms with van der Waals surface area (Å²) in [5.74, 6) is 0.503. The van der Waals surface area contributed by atoms with Crippen LogP contribution in [0.25, 0.3) is 0 Å². The Balaban J connectivity index is 1.54. The molecule has 2 heterocycles. The van der Waals surface area contributed by atoms with E-state index in [0.717, 1.165) is 31.6 Å². The van der Waals surface area contributed by atoms with E-state index < -0.39 is 31.2 Å². The van der Waals surface area contributed by atoms with E-state index >= 15 is 0 Å². The maximum absolute atomic E-state index is 14.0. The number of nitrogens with two attached hydrogens (primary N) is 1. The van der Waals surface area contributed by atoms with Gasteiger partial charge in [0.25, 0.3) is 0 Å². The zero-order chi connectivity index (χ0) is 25.4. The van der Waals surface area contributed by atoms with Crippen LogP contribution < -0.4 is 11.1 Å².